The normalized spacial score (nSPS) is 12.1. The van der Waals surface area contributed by atoms with Gasteiger partial charge in [0.15, 0.2) is 11.5 Å². The number of alkyl halides is 3. The first-order valence-electron chi connectivity index (χ1n) is 9.20. The van der Waals surface area contributed by atoms with E-state index in [1.165, 1.54) is 13.8 Å². The molecule has 33 heavy (non-hydrogen) atoms. The van der Waals surface area contributed by atoms with Crippen molar-refractivity contribution >= 4 is 29.5 Å². The van der Waals surface area contributed by atoms with Gasteiger partial charge in [-0.25, -0.2) is 4.79 Å². The fourth-order valence-electron chi connectivity index (χ4n) is 2.98. The van der Waals surface area contributed by atoms with Crippen molar-refractivity contribution in [3.8, 4) is 17.2 Å². The van der Waals surface area contributed by atoms with E-state index in [1.54, 1.807) is 0 Å². The summed E-state index contributed by atoms with van der Waals surface area (Å²) in [4.78, 5) is 34.3. The Bertz CT molecular complexity index is 1130. The molecule has 0 saturated heterocycles. The van der Waals surface area contributed by atoms with Gasteiger partial charge in [0.25, 0.3) is 5.69 Å². The Morgan fingerprint density at radius 3 is 2.39 bits per heavy atom. The minimum absolute atomic E-state index is 0.0740. The highest BCUT2D eigenvalue weighted by Crippen LogP contribution is 2.48. The number of carbonyl (C=O) groups is 2. The van der Waals surface area contributed by atoms with Crippen molar-refractivity contribution in [3.05, 3.63) is 68.2 Å². The van der Waals surface area contributed by atoms with Crippen LogP contribution in [0, 0.1) is 10.1 Å². The highest BCUT2D eigenvalue weighted by molar-refractivity contribution is 6.32. The first-order chi connectivity index (χ1) is 15.3. The summed E-state index contributed by atoms with van der Waals surface area (Å²) < 4.78 is 49.8. The van der Waals surface area contributed by atoms with Crippen LogP contribution in [0.25, 0.3) is 0 Å². The first-order valence-corrected chi connectivity index (χ1v) is 9.57. The van der Waals surface area contributed by atoms with Gasteiger partial charge in [0.1, 0.15) is 17.6 Å². The van der Waals surface area contributed by atoms with Gasteiger partial charge in [-0.05, 0) is 32.0 Å². The summed E-state index contributed by atoms with van der Waals surface area (Å²) in [5.41, 5.74) is -3.05. The Kier molecular flexibility index (Phi) is 7.70. The Balaban J connectivity index is 2.86. The maximum absolute atomic E-state index is 12.9. The highest BCUT2D eigenvalue weighted by Gasteiger charge is 2.36. The molecule has 1 N–H and O–H groups in total. The van der Waals surface area contributed by atoms with E-state index in [-0.39, 0.29) is 23.7 Å². The molecule has 1 atom stereocenters. The number of carbonyl (C=O) groups excluding carboxylic acids is 1. The van der Waals surface area contributed by atoms with Crippen molar-refractivity contribution in [2.45, 2.75) is 25.9 Å². The lowest BCUT2D eigenvalue weighted by molar-refractivity contribution is -0.386. The van der Waals surface area contributed by atoms with Crippen LogP contribution in [0.3, 0.4) is 0 Å². The van der Waals surface area contributed by atoms with Crippen molar-refractivity contribution in [3.63, 3.8) is 0 Å². The second kappa shape index (κ2) is 9.90. The van der Waals surface area contributed by atoms with Crippen molar-refractivity contribution < 1.29 is 42.3 Å². The van der Waals surface area contributed by atoms with E-state index in [0.29, 0.717) is 18.4 Å². The summed E-state index contributed by atoms with van der Waals surface area (Å²) in [6, 6.07) is 2.97. The standard InChI is InChI=1S/C21H17ClF3NO7/c1-4-32-19-16(33-15-6-5-11(7-14(15)22)21(23,24)25)8-12(20(28)29)18(26(30)31)17(19)13(9-27)10(2)3/h5-9,13H,2,4H2,1,3H3,(H,28,29). The number of benzene rings is 2. The molecule has 0 aromatic heterocycles. The van der Waals surface area contributed by atoms with Crippen LogP contribution in [0.5, 0.6) is 17.2 Å². The van der Waals surface area contributed by atoms with E-state index in [0.717, 1.165) is 12.1 Å². The molecule has 12 heteroatoms. The van der Waals surface area contributed by atoms with E-state index in [9.17, 15) is 38.0 Å². The molecule has 0 bridgehead atoms. The number of rotatable bonds is 9. The molecule has 0 aliphatic heterocycles. The smallest absolute Gasteiger partial charge is 0.416 e. The SMILES string of the molecule is C=C(C)C(C=O)c1c(OCC)c(Oc2ccc(C(F)(F)F)cc2Cl)cc(C(=O)O)c1[N+](=O)[O-]. The number of nitrogens with zero attached hydrogens (tertiary/aromatic N) is 1. The van der Waals surface area contributed by atoms with Gasteiger partial charge in [-0.3, -0.25) is 10.1 Å². The van der Waals surface area contributed by atoms with Crippen LogP contribution >= 0.6 is 11.6 Å². The van der Waals surface area contributed by atoms with Crippen LogP contribution in [-0.2, 0) is 11.0 Å². The largest absolute Gasteiger partial charge is 0.489 e. The molecule has 2 rings (SSSR count). The van der Waals surface area contributed by atoms with E-state index < -0.39 is 56.1 Å². The topological polar surface area (TPSA) is 116 Å². The quantitative estimate of drug-likeness (QED) is 0.199. The van der Waals surface area contributed by atoms with Gasteiger partial charge in [-0.15, -0.1) is 0 Å². The summed E-state index contributed by atoms with van der Waals surface area (Å²) in [6.07, 6.45) is -4.35. The number of ether oxygens (including phenoxy) is 2. The van der Waals surface area contributed by atoms with Crippen molar-refractivity contribution in [1.29, 1.82) is 0 Å². The van der Waals surface area contributed by atoms with E-state index in [1.807, 2.05) is 0 Å². The number of nitro groups is 1. The zero-order valence-corrected chi connectivity index (χ0v) is 18.0. The fourth-order valence-corrected chi connectivity index (χ4v) is 3.20. The Labute approximate surface area is 190 Å². The van der Waals surface area contributed by atoms with Gasteiger partial charge in [0.05, 0.1) is 33.6 Å². The number of carboxylic acids is 1. The molecule has 2 aromatic rings. The highest BCUT2D eigenvalue weighted by atomic mass is 35.5. The average Bonchev–Trinajstić information content (AvgIpc) is 2.70. The molecule has 0 aliphatic carbocycles. The Morgan fingerprint density at radius 2 is 1.97 bits per heavy atom. The minimum atomic E-state index is -4.67. The molecule has 0 amide bonds. The monoisotopic (exact) mass is 487 g/mol. The number of carboxylic acid groups (broad SMARTS) is 1. The fraction of sp³-hybridized carbons (Fsp3) is 0.238. The van der Waals surface area contributed by atoms with Crippen molar-refractivity contribution in [2.24, 2.45) is 0 Å². The van der Waals surface area contributed by atoms with Crippen LogP contribution in [0.4, 0.5) is 18.9 Å². The number of hydrogen-bond acceptors (Lipinski definition) is 6. The molecular formula is C21H17ClF3NO7. The number of aromatic carboxylic acids is 1. The molecule has 176 valence electrons. The van der Waals surface area contributed by atoms with Crippen LogP contribution in [0.1, 0.15) is 41.3 Å². The molecule has 0 spiro atoms. The van der Waals surface area contributed by atoms with Crippen LogP contribution in [0.15, 0.2) is 36.4 Å². The molecule has 8 nitrogen and oxygen atoms in total. The third-order valence-electron chi connectivity index (χ3n) is 4.41. The lowest BCUT2D eigenvalue weighted by atomic mass is 9.89. The molecular weight excluding hydrogens is 471 g/mol. The van der Waals surface area contributed by atoms with Crippen molar-refractivity contribution in [1.82, 2.24) is 0 Å². The van der Waals surface area contributed by atoms with Gasteiger partial charge in [-0.2, -0.15) is 13.2 Å². The van der Waals surface area contributed by atoms with E-state index in [4.69, 9.17) is 21.1 Å². The molecule has 0 aliphatic rings. The number of allylic oxidation sites excluding steroid dienone is 1. The van der Waals surface area contributed by atoms with E-state index >= 15 is 0 Å². The summed E-state index contributed by atoms with van der Waals surface area (Å²) >= 11 is 5.92. The Hall–Kier alpha value is -3.60. The number of halogens is 4. The first kappa shape index (κ1) is 25.7. The second-order valence-corrected chi connectivity index (χ2v) is 7.12. The zero-order chi connectivity index (χ0) is 25.1. The van der Waals surface area contributed by atoms with Crippen LogP contribution < -0.4 is 9.47 Å². The third kappa shape index (κ3) is 5.43. The molecule has 2 aromatic carbocycles. The van der Waals surface area contributed by atoms with Gasteiger partial charge in [-0.1, -0.05) is 23.8 Å². The summed E-state index contributed by atoms with van der Waals surface area (Å²) in [7, 11) is 0. The predicted molar refractivity (Wildman–Crippen MR) is 111 cm³/mol. The van der Waals surface area contributed by atoms with Crippen LogP contribution in [0.2, 0.25) is 5.02 Å². The van der Waals surface area contributed by atoms with Gasteiger partial charge < -0.3 is 19.4 Å². The molecule has 0 radical (unpaired) electrons. The number of aldehydes is 1. The summed E-state index contributed by atoms with van der Waals surface area (Å²) in [5, 5.41) is 20.9. The molecule has 1 unspecified atom stereocenters. The maximum Gasteiger partial charge on any atom is 0.416 e. The number of nitro benzene ring substituents is 1. The molecule has 0 heterocycles. The van der Waals surface area contributed by atoms with Gasteiger partial charge in [0, 0.05) is 6.07 Å². The van der Waals surface area contributed by atoms with E-state index in [2.05, 4.69) is 6.58 Å². The van der Waals surface area contributed by atoms with Crippen LogP contribution in [-0.4, -0.2) is 28.9 Å². The average molecular weight is 488 g/mol. The molecule has 0 fully saturated rings. The third-order valence-corrected chi connectivity index (χ3v) is 4.71. The maximum atomic E-state index is 12.9. The molecule has 0 saturated carbocycles. The zero-order valence-electron chi connectivity index (χ0n) is 17.2. The lowest BCUT2D eigenvalue weighted by Crippen LogP contribution is -2.14. The van der Waals surface area contributed by atoms with Gasteiger partial charge in [0.2, 0.25) is 0 Å². The number of hydrogen-bond donors (Lipinski definition) is 1. The summed E-state index contributed by atoms with van der Waals surface area (Å²) in [6.45, 7) is 6.46. The summed E-state index contributed by atoms with van der Waals surface area (Å²) in [5.74, 6) is -4.09. The second-order valence-electron chi connectivity index (χ2n) is 6.71. The minimum Gasteiger partial charge on any atom is -0.489 e. The predicted octanol–water partition coefficient (Wildman–Crippen LogP) is 6.01. The Morgan fingerprint density at radius 1 is 1.33 bits per heavy atom. The lowest BCUT2D eigenvalue weighted by Gasteiger charge is -2.21. The van der Waals surface area contributed by atoms with Gasteiger partial charge >= 0.3 is 12.1 Å². The van der Waals surface area contributed by atoms with Crippen molar-refractivity contribution in [2.75, 3.05) is 6.61 Å².